The molecule has 1 aromatic heterocycles. The smallest absolute Gasteiger partial charge is 0.262 e. The molecular weight excluding hydrogens is 411 g/mol. The Morgan fingerprint density at radius 3 is 2.74 bits per heavy atom. The Bertz CT molecular complexity index is 1070. The van der Waals surface area contributed by atoms with Crippen LogP contribution in [0.25, 0.3) is 17.4 Å². The Morgan fingerprint density at radius 2 is 2.07 bits per heavy atom. The summed E-state index contributed by atoms with van der Waals surface area (Å²) in [5.41, 5.74) is 0.403. The number of rotatable bonds is 4. The number of furan rings is 1. The van der Waals surface area contributed by atoms with Crippen molar-refractivity contribution in [2.75, 3.05) is 11.5 Å². The summed E-state index contributed by atoms with van der Waals surface area (Å²) in [7, 11) is -3.13. The van der Waals surface area contributed by atoms with Crippen LogP contribution in [0.1, 0.15) is 12.2 Å². The van der Waals surface area contributed by atoms with Crippen molar-refractivity contribution in [1.29, 1.82) is 5.26 Å². The van der Waals surface area contributed by atoms with Crippen LogP contribution in [0.2, 0.25) is 10.0 Å². The van der Waals surface area contributed by atoms with E-state index in [2.05, 4.69) is 5.32 Å². The molecule has 3 rings (SSSR count). The van der Waals surface area contributed by atoms with Crippen LogP contribution >= 0.6 is 23.2 Å². The molecule has 27 heavy (non-hydrogen) atoms. The second-order valence-corrected chi connectivity index (χ2v) is 9.14. The van der Waals surface area contributed by atoms with Crippen molar-refractivity contribution in [2.45, 2.75) is 12.5 Å². The largest absolute Gasteiger partial charge is 0.457 e. The van der Waals surface area contributed by atoms with Gasteiger partial charge in [0.15, 0.2) is 9.84 Å². The van der Waals surface area contributed by atoms with Crippen molar-refractivity contribution in [1.82, 2.24) is 5.32 Å². The summed E-state index contributed by atoms with van der Waals surface area (Å²) in [6, 6.07) is 9.50. The van der Waals surface area contributed by atoms with Gasteiger partial charge in [0.05, 0.1) is 16.5 Å². The van der Waals surface area contributed by atoms with Crippen molar-refractivity contribution in [3.8, 4) is 17.4 Å². The molecule has 6 nitrogen and oxygen atoms in total. The molecule has 1 aromatic carbocycles. The third-order valence-corrected chi connectivity index (χ3v) is 6.37. The van der Waals surface area contributed by atoms with E-state index >= 15 is 0 Å². The summed E-state index contributed by atoms with van der Waals surface area (Å²) < 4.78 is 28.6. The molecule has 0 bridgehead atoms. The van der Waals surface area contributed by atoms with E-state index in [4.69, 9.17) is 27.6 Å². The average molecular weight is 425 g/mol. The lowest BCUT2D eigenvalue weighted by molar-refractivity contribution is -0.117. The van der Waals surface area contributed by atoms with Crippen molar-refractivity contribution >= 4 is 45.0 Å². The molecule has 140 valence electrons. The first-order chi connectivity index (χ1) is 12.8. The zero-order valence-corrected chi connectivity index (χ0v) is 16.2. The molecule has 1 aliphatic heterocycles. The Balaban J connectivity index is 1.78. The Morgan fingerprint density at radius 1 is 1.30 bits per heavy atom. The highest BCUT2D eigenvalue weighted by atomic mass is 35.5. The minimum absolute atomic E-state index is 0.0332. The lowest BCUT2D eigenvalue weighted by atomic mass is 10.2. The molecule has 0 aliphatic carbocycles. The Kier molecular flexibility index (Phi) is 5.61. The molecule has 1 atom stereocenters. The quantitative estimate of drug-likeness (QED) is 0.597. The number of carbonyl (C=O) groups excluding carboxylic acids is 1. The molecule has 1 amide bonds. The summed E-state index contributed by atoms with van der Waals surface area (Å²) in [4.78, 5) is 12.2. The zero-order valence-electron chi connectivity index (χ0n) is 13.9. The molecule has 0 saturated carbocycles. The van der Waals surface area contributed by atoms with Gasteiger partial charge in [0, 0.05) is 22.7 Å². The van der Waals surface area contributed by atoms with E-state index < -0.39 is 21.8 Å². The monoisotopic (exact) mass is 424 g/mol. The highest BCUT2D eigenvalue weighted by Crippen LogP contribution is 2.32. The van der Waals surface area contributed by atoms with Gasteiger partial charge in [-0.25, -0.2) is 8.42 Å². The SMILES string of the molecule is N#C/C(=C\c1ccc(-c2cc(Cl)ccc2Cl)o1)C(=O)NC1CCS(=O)(=O)C1. The summed E-state index contributed by atoms with van der Waals surface area (Å²) in [6.07, 6.45) is 1.63. The lowest BCUT2D eigenvalue weighted by Gasteiger charge is -2.09. The van der Waals surface area contributed by atoms with Crippen molar-refractivity contribution in [3.63, 3.8) is 0 Å². The number of amides is 1. The highest BCUT2D eigenvalue weighted by molar-refractivity contribution is 7.91. The standard InChI is InChI=1S/C18H14Cl2N2O4S/c19-12-1-3-16(20)15(8-12)17-4-2-14(26-17)7-11(9-21)18(23)22-13-5-6-27(24,25)10-13/h1-4,7-8,13H,5-6,10H2,(H,22,23)/b11-7+. The maximum Gasteiger partial charge on any atom is 0.262 e. The van der Waals surface area contributed by atoms with E-state index in [1.54, 1.807) is 36.4 Å². The molecule has 0 spiro atoms. The number of nitrogens with one attached hydrogen (secondary N) is 1. The fourth-order valence-corrected chi connectivity index (χ4v) is 4.78. The molecule has 9 heteroatoms. The van der Waals surface area contributed by atoms with Gasteiger partial charge in [-0.05, 0) is 36.8 Å². The number of benzene rings is 1. The highest BCUT2D eigenvalue weighted by Gasteiger charge is 2.29. The van der Waals surface area contributed by atoms with Gasteiger partial charge in [-0.2, -0.15) is 5.26 Å². The summed E-state index contributed by atoms with van der Waals surface area (Å²) in [6.45, 7) is 0. The number of sulfone groups is 1. The predicted molar refractivity (Wildman–Crippen MR) is 103 cm³/mol. The third-order valence-electron chi connectivity index (χ3n) is 4.04. The first kappa shape index (κ1) is 19.5. The second-order valence-electron chi connectivity index (χ2n) is 6.07. The van der Waals surface area contributed by atoms with Crippen molar-refractivity contribution in [3.05, 3.63) is 51.7 Å². The minimum Gasteiger partial charge on any atom is -0.457 e. The van der Waals surface area contributed by atoms with Crippen molar-refractivity contribution in [2.24, 2.45) is 0 Å². The second kappa shape index (κ2) is 7.77. The van der Waals surface area contributed by atoms with Gasteiger partial charge in [0.2, 0.25) is 0 Å². The van der Waals surface area contributed by atoms with E-state index in [9.17, 15) is 18.5 Å². The van der Waals surface area contributed by atoms with Gasteiger partial charge in [0.25, 0.3) is 5.91 Å². The fourth-order valence-electron chi connectivity index (χ4n) is 2.72. The topological polar surface area (TPSA) is 100 Å². The van der Waals surface area contributed by atoms with Gasteiger partial charge >= 0.3 is 0 Å². The maximum atomic E-state index is 12.2. The third kappa shape index (κ3) is 4.72. The lowest BCUT2D eigenvalue weighted by Crippen LogP contribution is -2.36. The van der Waals surface area contributed by atoms with Crippen LogP contribution in [0.4, 0.5) is 0 Å². The first-order valence-corrected chi connectivity index (χ1v) is 10.5. The number of halogens is 2. The number of nitrogens with zero attached hydrogens (tertiary/aromatic N) is 1. The summed E-state index contributed by atoms with van der Waals surface area (Å²) >= 11 is 12.1. The average Bonchev–Trinajstić information content (AvgIpc) is 3.20. The van der Waals surface area contributed by atoms with E-state index in [0.717, 1.165) is 0 Å². The fraction of sp³-hybridized carbons (Fsp3) is 0.222. The molecule has 1 fully saturated rings. The van der Waals surface area contributed by atoms with Gasteiger partial charge in [-0.3, -0.25) is 4.79 Å². The molecule has 1 aliphatic rings. The molecular formula is C18H14Cl2N2O4S. The van der Waals surface area contributed by atoms with Crippen LogP contribution in [0.3, 0.4) is 0 Å². The number of hydrogen-bond acceptors (Lipinski definition) is 5. The maximum absolute atomic E-state index is 12.2. The predicted octanol–water partition coefficient (Wildman–Crippen LogP) is 3.46. The van der Waals surface area contributed by atoms with Crippen LogP contribution in [0.5, 0.6) is 0 Å². The van der Waals surface area contributed by atoms with E-state index in [0.29, 0.717) is 27.8 Å². The number of hydrogen-bond donors (Lipinski definition) is 1. The van der Waals surface area contributed by atoms with Gasteiger partial charge < -0.3 is 9.73 Å². The van der Waals surface area contributed by atoms with Crippen LogP contribution in [0.15, 0.2) is 40.3 Å². The van der Waals surface area contributed by atoms with Crippen molar-refractivity contribution < 1.29 is 17.6 Å². The summed E-state index contributed by atoms with van der Waals surface area (Å²) in [5, 5.41) is 12.8. The Hall–Kier alpha value is -2.27. The number of nitriles is 1. The molecule has 1 unspecified atom stereocenters. The number of carbonyl (C=O) groups is 1. The molecule has 0 radical (unpaired) electrons. The van der Waals surface area contributed by atoms with Crippen LogP contribution in [-0.2, 0) is 14.6 Å². The van der Waals surface area contributed by atoms with Crippen LogP contribution < -0.4 is 5.32 Å². The van der Waals surface area contributed by atoms with Crippen LogP contribution in [0, 0.1) is 11.3 Å². The van der Waals surface area contributed by atoms with Gasteiger partial charge in [0.1, 0.15) is 23.2 Å². The summed E-state index contributed by atoms with van der Waals surface area (Å²) in [5.74, 6) is -0.000336. The zero-order chi connectivity index (χ0) is 19.6. The molecule has 1 N–H and O–H groups in total. The minimum atomic E-state index is -3.13. The normalized spacial score (nSPS) is 18.9. The van der Waals surface area contributed by atoms with E-state index in [1.165, 1.54) is 6.08 Å². The van der Waals surface area contributed by atoms with Gasteiger partial charge in [-0.15, -0.1) is 0 Å². The van der Waals surface area contributed by atoms with E-state index in [1.807, 2.05) is 0 Å². The molecule has 2 heterocycles. The Labute approximate surface area is 166 Å². The first-order valence-electron chi connectivity index (χ1n) is 7.96. The van der Waals surface area contributed by atoms with E-state index in [-0.39, 0.29) is 22.8 Å². The molecule has 2 aromatic rings. The van der Waals surface area contributed by atoms with Crippen LogP contribution in [-0.4, -0.2) is 31.9 Å². The van der Waals surface area contributed by atoms with Gasteiger partial charge in [-0.1, -0.05) is 23.2 Å². The molecule has 1 saturated heterocycles.